The zero-order valence-corrected chi connectivity index (χ0v) is 26.5. The van der Waals surface area contributed by atoms with Crippen LogP contribution in [-0.2, 0) is 0 Å². The number of nitrogens with zero attached hydrogens (tertiary/aromatic N) is 3. The van der Waals surface area contributed by atoms with Crippen LogP contribution in [0.4, 0.5) is 0 Å². The van der Waals surface area contributed by atoms with E-state index in [4.69, 9.17) is 9.97 Å². The van der Waals surface area contributed by atoms with Gasteiger partial charge in [-0.2, -0.15) is 0 Å². The minimum absolute atomic E-state index is 1.00. The highest BCUT2D eigenvalue weighted by atomic mass is 32.1. The van der Waals surface area contributed by atoms with Crippen molar-refractivity contribution < 1.29 is 0 Å². The second-order valence-electron chi connectivity index (χ2n) is 12.6. The summed E-state index contributed by atoms with van der Waals surface area (Å²) in [6, 6.07) is 54.8. The number of hydrogen-bond donors (Lipinski definition) is 0. The van der Waals surface area contributed by atoms with Crippen LogP contribution in [0.1, 0.15) is 0 Å². The van der Waals surface area contributed by atoms with Crippen LogP contribution in [0.2, 0.25) is 0 Å². The van der Waals surface area contributed by atoms with E-state index in [1.165, 1.54) is 70.0 Å². The summed E-state index contributed by atoms with van der Waals surface area (Å²) < 4.78 is 3.61. The number of para-hydroxylation sites is 3. The fourth-order valence-corrected chi connectivity index (χ4v) is 8.93. The van der Waals surface area contributed by atoms with Gasteiger partial charge in [-0.3, -0.25) is 4.40 Å². The van der Waals surface area contributed by atoms with Crippen LogP contribution in [0.5, 0.6) is 0 Å². The van der Waals surface area contributed by atoms with Crippen molar-refractivity contribution in [3.8, 4) is 22.3 Å². The largest absolute Gasteiger partial charge is 0.292 e. The van der Waals surface area contributed by atoms with E-state index in [2.05, 4.69) is 156 Å². The molecule has 4 heterocycles. The Labute approximate surface area is 279 Å². The molecule has 0 aliphatic carbocycles. The molecule has 0 fully saturated rings. The Bertz CT molecular complexity index is 3130. The average molecular weight is 628 g/mol. The van der Waals surface area contributed by atoms with Crippen LogP contribution in [0.15, 0.2) is 152 Å². The van der Waals surface area contributed by atoms with Gasteiger partial charge in [0.25, 0.3) is 0 Å². The van der Waals surface area contributed by atoms with Gasteiger partial charge in [0.05, 0.1) is 22.1 Å². The lowest BCUT2D eigenvalue weighted by Gasteiger charge is -2.14. The van der Waals surface area contributed by atoms with Crippen LogP contribution < -0.4 is 0 Å². The molecule has 0 aliphatic heterocycles. The molecule has 3 nitrogen and oxygen atoms in total. The van der Waals surface area contributed by atoms with Gasteiger partial charge in [-0.25, -0.2) is 9.97 Å². The number of pyridine rings is 2. The highest BCUT2D eigenvalue weighted by molar-refractivity contribution is 7.25. The molecule has 0 aliphatic rings. The van der Waals surface area contributed by atoms with Crippen molar-refractivity contribution >= 4 is 91.7 Å². The molecule has 0 unspecified atom stereocenters. The first-order valence-corrected chi connectivity index (χ1v) is 17.1. The van der Waals surface area contributed by atoms with Crippen LogP contribution in [0, 0.1) is 0 Å². The minimum atomic E-state index is 1.00. The first-order valence-electron chi connectivity index (χ1n) is 16.3. The fraction of sp³-hybridized carbons (Fsp3) is 0. The second-order valence-corrected chi connectivity index (χ2v) is 13.6. The number of benzene rings is 7. The van der Waals surface area contributed by atoms with Gasteiger partial charge in [0.15, 0.2) is 0 Å². The third kappa shape index (κ3) is 3.58. The molecule has 0 radical (unpaired) electrons. The van der Waals surface area contributed by atoms with E-state index in [0.29, 0.717) is 0 Å². The maximum Gasteiger partial charge on any atom is 0.147 e. The van der Waals surface area contributed by atoms with Crippen molar-refractivity contribution in [3.63, 3.8) is 0 Å². The van der Waals surface area contributed by atoms with E-state index >= 15 is 0 Å². The van der Waals surface area contributed by atoms with Crippen molar-refractivity contribution in [2.24, 2.45) is 0 Å². The predicted octanol–water partition coefficient (Wildman–Crippen LogP) is 12.2. The van der Waals surface area contributed by atoms with Gasteiger partial charge in [0.2, 0.25) is 0 Å². The van der Waals surface area contributed by atoms with Crippen molar-refractivity contribution in [2.75, 3.05) is 0 Å². The van der Waals surface area contributed by atoms with E-state index in [1.54, 1.807) is 11.3 Å². The molecule has 48 heavy (non-hydrogen) atoms. The second kappa shape index (κ2) is 9.71. The van der Waals surface area contributed by atoms with Crippen molar-refractivity contribution in [2.45, 2.75) is 0 Å². The topological polar surface area (TPSA) is 30.2 Å². The lowest BCUT2D eigenvalue weighted by atomic mass is 9.93. The molecule has 0 amide bonds. The van der Waals surface area contributed by atoms with E-state index in [-0.39, 0.29) is 0 Å². The third-order valence-electron chi connectivity index (χ3n) is 9.95. The normalized spacial score (nSPS) is 12.2. The van der Waals surface area contributed by atoms with Gasteiger partial charge in [-0.15, -0.1) is 11.3 Å². The predicted molar refractivity (Wildman–Crippen MR) is 204 cm³/mol. The Morgan fingerprint density at radius 1 is 0.438 bits per heavy atom. The number of fused-ring (bicyclic) bond motifs is 14. The smallest absolute Gasteiger partial charge is 0.147 e. The SMILES string of the molecule is c1cc(-c2ccc3c(c2)c2ccc4ccccc4c2c2nc4ccccc4n32)cc(-c2c3ccccc3nc3sc4ccccc4c23)c1. The number of imidazole rings is 1. The van der Waals surface area contributed by atoms with Gasteiger partial charge >= 0.3 is 0 Å². The van der Waals surface area contributed by atoms with E-state index in [1.807, 2.05) is 0 Å². The summed E-state index contributed by atoms with van der Waals surface area (Å²) in [5.74, 6) is 0. The molecule has 4 heteroatoms. The number of thiophene rings is 1. The summed E-state index contributed by atoms with van der Waals surface area (Å²) in [5, 5.41) is 9.75. The highest BCUT2D eigenvalue weighted by Crippen LogP contribution is 2.44. The minimum Gasteiger partial charge on any atom is -0.292 e. The van der Waals surface area contributed by atoms with Gasteiger partial charge < -0.3 is 0 Å². The molecule has 7 aromatic carbocycles. The fourth-order valence-electron chi connectivity index (χ4n) is 7.83. The summed E-state index contributed by atoms with van der Waals surface area (Å²) in [6.45, 7) is 0. The van der Waals surface area contributed by atoms with Gasteiger partial charge in [0.1, 0.15) is 10.5 Å². The summed E-state index contributed by atoms with van der Waals surface area (Å²) in [4.78, 5) is 11.4. The van der Waals surface area contributed by atoms with Crippen molar-refractivity contribution in [3.05, 3.63) is 152 Å². The van der Waals surface area contributed by atoms with Gasteiger partial charge in [0, 0.05) is 37.2 Å². The Balaban J connectivity index is 1.21. The standard InChI is InChI=1S/C44H25N3S/c1-2-13-30-26(10-1)20-22-31-34-25-28(21-23-37(34)47-38-18-7-6-17-36(38)45-43(47)41(30)31)27-11-9-12-29(24-27)40-32-14-3-5-16-35(32)46-44-42(40)33-15-4-8-19-39(33)48-44/h1-25H. The molecule has 0 spiro atoms. The van der Waals surface area contributed by atoms with Crippen molar-refractivity contribution in [1.29, 1.82) is 0 Å². The van der Waals surface area contributed by atoms with E-state index in [9.17, 15) is 0 Å². The van der Waals surface area contributed by atoms with Gasteiger partial charge in [-0.05, 0) is 75.3 Å². The Morgan fingerprint density at radius 2 is 1.19 bits per heavy atom. The van der Waals surface area contributed by atoms with Crippen LogP contribution in [0.25, 0.3) is 103 Å². The van der Waals surface area contributed by atoms with Crippen LogP contribution in [-0.4, -0.2) is 14.4 Å². The Kier molecular flexibility index (Phi) is 5.26. The molecular weight excluding hydrogens is 603 g/mol. The van der Waals surface area contributed by atoms with Gasteiger partial charge in [-0.1, -0.05) is 109 Å². The molecule has 0 saturated carbocycles. The van der Waals surface area contributed by atoms with E-state index < -0.39 is 0 Å². The highest BCUT2D eigenvalue weighted by Gasteiger charge is 2.19. The maximum absolute atomic E-state index is 5.19. The quantitative estimate of drug-likeness (QED) is 0.179. The van der Waals surface area contributed by atoms with E-state index in [0.717, 1.165) is 32.5 Å². The molecule has 0 N–H and O–H groups in total. The number of hydrogen-bond acceptors (Lipinski definition) is 3. The molecule has 4 aromatic heterocycles. The molecule has 0 atom stereocenters. The molecule has 11 aromatic rings. The first kappa shape index (κ1) is 26.0. The summed E-state index contributed by atoms with van der Waals surface area (Å²) in [5.41, 5.74) is 10.1. The first-order chi connectivity index (χ1) is 23.8. The molecule has 11 rings (SSSR count). The lowest BCUT2D eigenvalue weighted by molar-refractivity contribution is 1.32. The maximum atomic E-state index is 5.19. The lowest BCUT2D eigenvalue weighted by Crippen LogP contribution is -1.93. The average Bonchev–Trinajstić information content (AvgIpc) is 3.72. The molecule has 222 valence electrons. The molecule has 0 saturated heterocycles. The summed E-state index contributed by atoms with van der Waals surface area (Å²) in [6.07, 6.45) is 0. The number of aromatic nitrogens is 3. The Morgan fingerprint density at radius 3 is 2.12 bits per heavy atom. The third-order valence-corrected chi connectivity index (χ3v) is 11.0. The number of rotatable bonds is 2. The zero-order chi connectivity index (χ0) is 31.3. The van der Waals surface area contributed by atoms with Crippen LogP contribution in [0.3, 0.4) is 0 Å². The molecule has 0 bridgehead atoms. The Hall–Kier alpha value is -6.10. The summed E-state index contributed by atoms with van der Waals surface area (Å²) in [7, 11) is 0. The summed E-state index contributed by atoms with van der Waals surface area (Å²) >= 11 is 1.77. The molecular formula is C44H25N3S. The zero-order valence-electron chi connectivity index (χ0n) is 25.7. The van der Waals surface area contributed by atoms with Crippen molar-refractivity contribution in [1.82, 2.24) is 14.4 Å². The van der Waals surface area contributed by atoms with Crippen LogP contribution >= 0.6 is 11.3 Å². The monoisotopic (exact) mass is 627 g/mol.